The van der Waals surface area contributed by atoms with Gasteiger partial charge in [-0.3, -0.25) is 0 Å². The molecule has 102 valence electrons. The molecule has 1 fully saturated rings. The first-order chi connectivity index (χ1) is 9.04. The van der Waals surface area contributed by atoms with E-state index in [1.54, 1.807) is 6.07 Å². The summed E-state index contributed by atoms with van der Waals surface area (Å²) in [6.07, 6.45) is 4.91. The summed E-state index contributed by atoms with van der Waals surface area (Å²) in [6, 6.07) is 4.21. The SMILES string of the molecule is N#Cc1ncccc1S(=O)(=O)NC1CCCCC1N. The first kappa shape index (κ1) is 13.9. The molecule has 1 aromatic rings. The monoisotopic (exact) mass is 280 g/mol. The zero-order valence-corrected chi connectivity index (χ0v) is 11.2. The van der Waals surface area contributed by atoms with Gasteiger partial charge in [0, 0.05) is 18.3 Å². The van der Waals surface area contributed by atoms with Gasteiger partial charge in [-0.1, -0.05) is 12.8 Å². The number of aromatic nitrogens is 1. The van der Waals surface area contributed by atoms with E-state index in [0.717, 1.165) is 25.7 Å². The van der Waals surface area contributed by atoms with Gasteiger partial charge in [-0.05, 0) is 25.0 Å². The molecule has 1 saturated carbocycles. The fourth-order valence-corrected chi connectivity index (χ4v) is 3.69. The Morgan fingerprint density at radius 1 is 1.42 bits per heavy atom. The molecule has 1 aliphatic carbocycles. The van der Waals surface area contributed by atoms with Crippen molar-refractivity contribution in [1.82, 2.24) is 9.71 Å². The molecule has 0 aliphatic heterocycles. The van der Waals surface area contributed by atoms with Crippen molar-refractivity contribution in [3.63, 3.8) is 0 Å². The van der Waals surface area contributed by atoms with Crippen LogP contribution in [-0.2, 0) is 10.0 Å². The maximum Gasteiger partial charge on any atom is 0.243 e. The highest BCUT2D eigenvalue weighted by Gasteiger charge is 2.28. The Morgan fingerprint density at radius 2 is 2.16 bits per heavy atom. The van der Waals surface area contributed by atoms with Gasteiger partial charge in [0.15, 0.2) is 5.69 Å². The van der Waals surface area contributed by atoms with E-state index in [1.807, 2.05) is 0 Å². The van der Waals surface area contributed by atoms with E-state index < -0.39 is 10.0 Å². The minimum Gasteiger partial charge on any atom is -0.326 e. The maximum absolute atomic E-state index is 12.3. The lowest BCUT2D eigenvalue weighted by molar-refractivity contribution is 0.361. The van der Waals surface area contributed by atoms with Crippen LogP contribution in [0.3, 0.4) is 0 Å². The number of sulfonamides is 1. The van der Waals surface area contributed by atoms with Gasteiger partial charge in [0.25, 0.3) is 0 Å². The third-order valence-electron chi connectivity index (χ3n) is 3.29. The number of hydrogen-bond acceptors (Lipinski definition) is 5. The topological polar surface area (TPSA) is 109 Å². The number of nitriles is 1. The highest BCUT2D eigenvalue weighted by atomic mass is 32.2. The molecule has 1 heterocycles. The summed E-state index contributed by atoms with van der Waals surface area (Å²) in [5.41, 5.74) is 5.83. The molecule has 2 unspecified atom stereocenters. The van der Waals surface area contributed by atoms with Crippen LogP contribution in [0.15, 0.2) is 23.2 Å². The van der Waals surface area contributed by atoms with Crippen LogP contribution in [-0.4, -0.2) is 25.5 Å². The molecule has 0 radical (unpaired) electrons. The van der Waals surface area contributed by atoms with Crippen molar-refractivity contribution in [2.75, 3.05) is 0 Å². The molecule has 0 bridgehead atoms. The van der Waals surface area contributed by atoms with Crippen molar-refractivity contribution in [2.24, 2.45) is 5.73 Å². The Kier molecular flexibility index (Phi) is 4.14. The van der Waals surface area contributed by atoms with E-state index in [-0.39, 0.29) is 22.7 Å². The Morgan fingerprint density at radius 3 is 2.84 bits per heavy atom. The van der Waals surface area contributed by atoms with Gasteiger partial charge in [-0.15, -0.1) is 0 Å². The number of nitrogens with zero attached hydrogens (tertiary/aromatic N) is 2. The van der Waals surface area contributed by atoms with Gasteiger partial charge in [0.05, 0.1) is 0 Å². The van der Waals surface area contributed by atoms with Gasteiger partial charge < -0.3 is 5.73 Å². The summed E-state index contributed by atoms with van der Waals surface area (Å²) in [4.78, 5) is 3.68. The highest BCUT2D eigenvalue weighted by Crippen LogP contribution is 2.20. The lowest BCUT2D eigenvalue weighted by atomic mass is 9.92. The minimum absolute atomic E-state index is 0.0877. The summed E-state index contributed by atoms with van der Waals surface area (Å²) < 4.78 is 27.1. The normalized spacial score (nSPS) is 23.8. The van der Waals surface area contributed by atoms with E-state index in [0.29, 0.717) is 0 Å². The molecular weight excluding hydrogens is 264 g/mol. The fraction of sp³-hybridized carbons (Fsp3) is 0.500. The van der Waals surface area contributed by atoms with Crippen molar-refractivity contribution in [2.45, 2.75) is 42.7 Å². The average molecular weight is 280 g/mol. The maximum atomic E-state index is 12.3. The molecule has 19 heavy (non-hydrogen) atoms. The number of nitrogens with one attached hydrogen (secondary N) is 1. The second-order valence-electron chi connectivity index (χ2n) is 4.64. The first-order valence-corrected chi connectivity index (χ1v) is 7.66. The van der Waals surface area contributed by atoms with Crippen LogP contribution in [0, 0.1) is 11.3 Å². The molecule has 1 aromatic heterocycles. The Bertz CT molecular complexity index is 594. The zero-order chi connectivity index (χ0) is 13.9. The molecule has 2 atom stereocenters. The van der Waals surface area contributed by atoms with E-state index in [1.165, 1.54) is 18.3 Å². The van der Waals surface area contributed by atoms with Crippen molar-refractivity contribution >= 4 is 10.0 Å². The second kappa shape index (κ2) is 5.65. The van der Waals surface area contributed by atoms with Crippen molar-refractivity contribution in [1.29, 1.82) is 5.26 Å². The van der Waals surface area contributed by atoms with Gasteiger partial charge in [-0.2, -0.15) is 5.26 Å². The van der Waals surface area contributed by atoms with Crippen LogP contribution in [0.5, 0.6) is 0 Å². The molecule has 3 N–H and O–H groups in total. The molecule has 0 aromatic carbocycles. The molecule has 2 rings (SSSR count). The lowest BCUT2D eigenvalue weighted by Crippen LogP contribution is -2.49. The minimum atomic E-state index is -3.75. The van der Waals surface area contributed by atoms with E-state index in [9.17, 15) is 8.42 Å². The molecule has 0 saturated heterocycles. The van der Waals surface area contributed by atoms with Crippen molar-refractivity contribution in [3.8, 4) is 6.07 Å². The predicted molar refractivity (Wildman–Crippen MR) is 69.5 cm³/mol. The molecule has 0 spiro atoms. The molecular formula is C12H16N4O2S. The Labute approximate surface area is 112 Å². The molecule has 6 nitrogen and oxygen atoms in total. The zero-order valence-electron chi connectivity index (χ0n) is 10.4. The number of pyridine rings is 1. The molecule has 7 heteroatoms. The Hall–Kier alpha value is -1.49. The van der Waals surface area contributed by atoms with Crippen LogP contribution >= 0.6 is 0 Å². The molecule has 1 aliphatic rings. The van der Waals surface area contributed by atoms with Gasteiger partial charge in [-0.25, -0.2) is 18.1 Å². The van der Waals surface area contributed by atoms with Crippen LogP contribution in [0.4, 0.5) is 0 Å². The third kappa shape index (κ3) is 3.10. The van der Waals surface area contributed by atoms with Gasteiger partial charge >= 0.3 is 0 Å². The summed E-state index contributed by atoms with van der Waals surface area (Å²) in [6.45, 7) is 0. The predicted octanol–water partition coefficient (Wildman–Crippen LogP) is 0.501. The summed E-state index contributed by atoms with van der Waals surface area (Å²) in [5.74, 6) is 0. The van der Waals surface area contributed by atoms with E-state index in [2.05, 4.69) is 9.71 Å². The summed E-state index contributed by atoms with van der Waals surface area (Å²) in [5, 5.41) is 8.91. The second-order valence-corrected chi connectivity index (χ2v) is 6.32. The number of rotatable bonds is 3. The largest absolute Gasteiger partial charge is 0.326 e. The van der Waals surface area contributed by atoms with Gasteiger partial charge in [0.2, 0.25) is 10.0 Å². The van der Waals surface area contributed by atoms with E-state index in [4.69, 9.17) is 11.0 Å². The smallest absolute Gasteiger partial charge is 0.243 e. The number of nitrogens with two attached hydrogens (primary N) is 1. The lowest BCUT2D eigenvalue weighted by Gasteiger charge is -2.29. The Balaban J connectivity index is 2.25. The number of hydrogen-bond donors (Lipinski definition) is 2. The standard InChI is InChI=1S/C12H16N4O2S/c13-8-11-12(6-3-7-15-11)19(17,18)16-10-5-2-1-4-9(10)14/h3,6-7,9-10,16H,1-2,4-5,14H2. The fourth-order valence-electron chi connectivity index (χ4n) is 2.26. The first-order valence-electron chi connectivity index (χ1n) is 6.17. The van der Waals surface area contributed by atoms with Gasteiger partial charge in [0.1, 0.15) is 11.0 Å². The summed E-state index contributed by atoms with van der Waals surface area (Å²) in [7, 11) is -3.75. The van der Waals surface area contributed by atoms with Crippen LogP contribution < -0.4 is 10.5 Å². The van der Waals surface area contributed by atoms with Crippen molar-refractivity contribution < 1.29 is 8.42 Å². The summed E-state index contributed by atoms with van der Waals surface area (Å²) >= 11 is 0. The average Bonchev–Trinajstić information content (AvgIpc) is 2.41. The van der Waals surface area contributed by atoms with E-state index >= 15 is 0 Å². The van der Waals surface area contributed by atoms with Crippen LogP contribution in [0.1, 0.15) is 31.4 Å². The third-order valence-corrected chi connectivity index (χ3v) is 4.81. The quantitative estimate of drug-likeness (QED) is 0.838. The highest BCUT2D eigenvalue weighted by molar-refractivity contribution is 7.89. The van der Waals surface area contributed by atoms with Crippen LogP contribution in [0.2, 0.25) is 0 Å². The molecule has 0 amide bonds. The van der Waals surface area contributed by atoms with Crippen molar-refractivity contribution in [3.05, 3.63) is 24.0 Å². The van der Waals surface area contributed by atoms with Crippen LogP contribution in [0.25, 0.3) is 0 Å².